The molecule has 0 aliphatic rings. The molecule has 1 aromatic rings. The van der Waals surface area contributed by atoms with E-state index in [0.717, 1.165) is 11.1 Å². The Hall–Kier alpha value is -0.520. The van der Waals surface area contributed by atoms with E-state index in [4.69, 9.17) is 16.9 Å². The Bertz CT molecular complexity index is 341. The molecule has 0 N–H and O–H groups in total. The largest absolute Gasteiger partial charge is 0.192 e. The van der Waals surface area contributed by atoms with Crippen LogP contribution in [0.25, 0.3) is 0 Å². The zero-order chi connectivity index (χ0) is 9.14. The molecule has 0 aliphatic heterocycles. The van der Waals surface area contributed by atoms with Crippen LogP contribution in [0.1, 0.15) is 16.7 Å². The fourth-order valence-electron chi connectivity index (χ4n) is 1.01. The maximum atomic E-state index is 8.77. The molecule has 1 aromatic carbocycles. The Morgan fingerprint density at radius 3 is 2.75 bits per heavy atom. The van der Waals surface area contributed by atoms with Gasteiger partial charge in [0.1, 0.15) is 0 Å². The number of nitrogens with zero attached hydrogens (tertiary/aromatic N) is 1. The number of benzene rings is 1. The summed E-state index contributed by atoms with van der Waals surface area (Å²) >= 11 is 9.22. The molecule has 0 spiro atoms. The lowest BCUT2D eigenvalue weighted by molar-refractivity contribution is 1.33. The van der Waals surface area contributed by atoms with Gasteiger partial charge in [-0.15, -0.1) is 0 Å². The first-order chi connectivity index (χ1) is 5.69. The zero-order valence-electron chi connectivity index (χ0n) is 6.56. The van der Waals surface area contributed by atoms with Crippen molar-refractivity contribution in [1.82, 2.24) is 0 Å². The van der Waals surface area contributed by atoms with E-state index in [1.54, 1.807) is 0 Å². The topological polar surface area (TPSA) is 23.8 Å². The lowest BCUT2D eigenvalue weighted by Crippen LogP contribution is -1.88. The fraction of sp³-hybridized carbons (Fsp3) is 0.222. The first-order valence-corrected chi connectivity index (χ1v) is 4.94. The molecule has 0 radical (unpaired) electrons. The van der Waals surface area contributed by atoms with Gasteiger partial charge in [0.15, 0.2) is 0 Å². The van der Waals surface area contributed by atoms with Gasteiger partial charge in [-0.2, -0.15) is 5.26 Å². The predicted molar refractivity (Wildman–Crippen MR) is 53.5 cm³/mol. The highest BCUT2D eigenvalue weighted by atomic mass is 79.9. The fourth-order valence-corrected chi connectivity index (χ4v) is 2.11. The molecule has 0 aromatic heterocycles. The summed E-state index contributed by atoms with van der Waals surface area (Å²) in [7, 11) is 0. The normalized spacial score (nSPS) is 9.50. The standard InChI is InChI=1S/C9H7BrClN/c1-6-2-7(5-12)8(4-10)9(11)3-6/h2-3H,4H2,1H3. The quantitative estimate of drug-likeness (QED) is 0.695. The molecule has 3 heteroatoms. The Kier molecular flexibility index (Phi) is 3.13. The van der Waals surface area contributed by atoms with E-state index in [1.807, 2.05) is 19.1 Å². The Balaban J connectivity index is 3.36. The average molecular weight is 245 g/mol. The van der Waals surface area contributed by atoms with E-state index >= 15 is 0 Å². The molecule has 12 heavy (non-hydrogen) atoms. The van der Waals surface area contributed by atoms with E-state index in [0.29, 0.717) is 15.9 Å². The Labute approximate surface area is 85.1 Å². The van der Waals surface area contributed by atoms with Gasteiger partial charge in [-0.05, 0) is 30.2 Å². The van der Waals surface area contributed by atoms with Crippen LogP contribution in [-0.4, -0.2) is 0 Å². The lowest BCUT2D eigenvalue weighted by atomic mass is 10.1. The zero-order valence-corrected chi connectivity index (χ0v) is 8.91. The predicted octanol–water partition coefficient (Wildman–Crippen LogP) is 3.42. The molecule has 0 heterocycles. The van der Waals surface area contributed by atoms with Gasteiger partial charge in [0.2, 0.25) is 0 Å². The highest BCUT2D eigenvalue weighted by Gasteiger charge is 2.05. The van der Waals surface area contributed by atoms with E-state index in [9.17, 15) is 0 Å². The molecule has 0 atom stereocenters. The van der Waals surface area contributed by atoms with Crippen molar-refractivity contribution in [3.05, 3.63) is 33.8 Å². The third kappa shape index (κ3) is 1.80. The van der Waals surface area contributed by atoms with Crippen LogP contribution in [0, 0.1) is 18.3 Å². The van der Waals surface area contributed by atoms with Crippen molar-refractivity contribution < 1.29 is 0 Å². The van der Waals surface area contributed by atoms with Gasteiger partial charge in [0.25, 0.3) is 0 Å². The van der Waals surface area contributed by atoms with Crippen LogP contribution in [-0.2, 0) is 5.33 Å². The van der Waals surface area contributed by atoms with Crippen molar-refractivity contribution in [2.75, 3.05) is 0 Å². The molecule has 0 unspecified atom stereocenters. The van der Waals surface area contributed by atoms with E-state index in [2.05, 4.69) is 22.0 Å². The maximum absolute atomic E-state index is 8.77. The average Bonchev–Trinajstić information content (AvgIpc) is 2.03. The molecule has 0 bridgehead atoms. The summed E-state index contributed by atoms with van der Waals surface area (Å²) in [6.45, 7) is 1.92. The number of hydrogen-bond donors (Lipinski definition) is 0. The molecule has 0 saturated heterocycles. The number of hydrogen-bond acceptors (Lipinski definition) is 1. The second-order valence-corrected chi connectivity index (χ2v) is 3.49. The van der Waals surface area contributed by atoms with Gasteiger partial charge in [0.05, 0.1) is 11.6 Å². The maximum Gasteiger partial charge on any atom is 0.0995 e. The van der Waals surface area contributed by atoms with Crippen molar-refractivity contribution in [2.45, 2.75) is 12.3 Å². The van der Waals surface area contributed by atoms with E-state index in [-0.39, 0.29) is 0 Å². The van der Waals surface area contributed by atoms with Crippen molar-refractivity contribution in [3.63, 3.8) is 0 Å². The first-order valence-electron chi connectivity index (χ1n) is 3.44. The minimum atomic E-state index is 0.620. The molecule has 0 saturated carbocycles. The van der Waals surface area contributed by atoms with Crippen molar-refractivity contribution >= 4 is 27.5 Å². The molecule has 0 amide bonds. The summed E-state index contributed by atoms with van der Waals surface area (Å²) < 4.78 is 0. The van der Waals surface area contributed by atoms with Crippen LogP contribution in [0.2, 0.25) is 5.02 Å². The van der Waals surface area contributed by atoms with Crippen LogP contribution in [0.5, 0.6) is 0 Å². The van der Waals surface area contributed by atoms with Gasteiger partial charge >= 0.3 is 0 Å². The number of alkyl halides is 1. The number of rotatable bonds is 1. The van der Waals surface area contributed by atoms with Gasteiger partial charge in [-0.25, -0.2) is 0 Å². The third-order valence-electron chi connectivity index (χ3n) is 1.59. The summed E-state index contributed by atoms with van der Waals surface area (Å²) in [6.07, 6.45) is 0. The third-order valence-corrected chi connectivity index (χ3v) is 2.49. The monoisotopic (exact) mass is 243 g/mol. The van der Waals surface area contributed by atoms with Crippen LogP contribution in [0.15, 0.2) is 12.1 Å². The summed E-state index contributed by atoms with van der Waals surface area (Å²) in [6, 6.07) is 5.81. The van der Waals surface area contributed by atoms with Crippen molar-refractivity contribution in [2.24, 2.45) is 0 Å². The molecule has 1 nitrogen and oxygen atoms in total. The van der Waals surface area contributed by atoms with Crippen LogP contribution in [0.3, 0.4) is 0 Å². The smallest absolute Gasteiger partial charge is 0.0995 e. The highest BCUT2D eigenvalue weighted by Crippen LogP contribution is 2.23. The molecule has 62 valence electrons. The van der Waals surface area contributed by atoms with E-state index in [1.165, 1.54) is 0 Å². The molecule has 1 rings (SSSR count). The Morgan fingerprint density at radius 1 is 1.58 bits per heavy atom. The Morgan fingerprint density at radius 2 is 2.25 bits per heavy atom. The summed E-state index contributed by atoms with van der Waals surface area (Å²) in [5.41, 5.74) is 2.53. The van der Waals surface area contributed by atoms with Gasteiger partial charge in [-0.1, -0.05) is 27.5 Å². The van der Waals surface area contributed by atoms with Gasteiger partial charge in [-0.3, -0.25) is 0 Å². The molecule has 0 fully saturated rings. The summed E-state index contributed by atoms with van der Waals surface area (Å²) in [5, 5.41) is 10.0. The molecule has 0 aliphatic carbocycles. The minimum absolute atomic E-state index is 0.620. The SMILES string of the molecule is Cc1cc(Cl)c(CBr)c(C#N)c1. The number of aryl methyl sites for hydroxylation is 1. The van der Waals surface area contributed by atoms with Gasteiger partial charge < -0.3 is 0 Å². The van der Waals surface area contributed by atoms with Crippen molar-refractivity contribution in [3.8, 4) is 6.07 Å². The van der Waals surface area contributed by atoms with E-state index < -0.39 is 0 Å². The summed E-state index contributed by atoms with van der Waals surface area (Å²) in [5.74, 6) is 0. The molecular formula is C9H7BrClN. The van der Waals surface area contributed by atoms with Gasteiger partial charge in [0, 0.05) is 10.4 Å². The summed E-state index contributed by atoms with van der Waals surface area (Å²) in [4.78, 5) is 0. The lowest BCUT2D eigenvalue weighted by Gasteiger charge is -2.03. The van der Waals surface area contributed by atoms with Crippen molar-refractivity contribution in [1.29, 1.82) is 5.26 Å². The first kappa shape index (κ1) is 9.57. The highest BCUT2D eigenvalue weighted by molar-refractivity contribution is 9.08. The van der Waals surface area contributed by atoms with Crippen LogP contribution < -0.4 is 0 Å². The second-order valence-electron chi connectivity index (χ2n) is 2.52. The molecular weight excluding hydrogens is 237 g/mol. The number of halogens is 2. The van der Waals surface area contributed by atoms with Crippen LogP contribution >= 0.6 is 27.5 Å². The second kappa shape index (κ2) is 3.93. The number of nitriles is 1. The minimum Gasteiger partial charge on any atom is -0.192 e. The van der Waals surface area contributed by atoms with Crippen LogP contribution in [0.4, 0.5) is 0 Å².